The molecule has 0 rings (SSSR count). The molecule has 0 aromatic rings. The van der Waals surface area contributed by atoms with Crippen LogP contribution in [-0.4, -0.2) is 46.9 Å². The Morgan fingerprint density at radius 1 is 1.50 bits per heavy atom. The lowest BCUT2D eigenvalue weighted by Crippen LogP contribution is -2.45. The van der Waals surface area contributed by atoms with E-state index < -0.39 is 17.7 Å². The van der Waals surface area contributed by atoms with E-state index in [0.717, 1.165) is 0 Å². The van der Waals surface area contributed by atoms with Crippen molar-refractivity contribution < 1.29 is 14.6 Å². The molecule has 7 heteroatoms. The van der Waals surface area contributed by atoms with E-state index >= 15 is 0 Å². The molecule has 0 aliphatic rings. The summed E-state index contributed by atoms with van der Waals surface area (Å²) < 4.78 is 5.26. The van der Waals surface area contributed by atoms with E-state index in [1.165, 1.54) is 4.90 Å². The van der Waals surface area contributed by atoms with Crippen molar-refractivity contribution in [1.29, 1.82) is 0 Å². The van der Waals surface area contributed by atoms with Crippen LogP contribution in [0.3, 0.4) is 0 Å². The number of aliphatic hydroxyl groups is 1. The minimum absolute atomic E-state index is 0.109. The standard InChI is InChI=1S/C11H22N4O3/c1-8(2)15(6-9(7-16)13-14-12)10(17)18-11(3,4)5/h8-9,16H,6-7H2,1-5H3. The molecule has 7 nitrogen and oxygen atoms in total. The molecule has 1 amide bonds. The summed E-state index contributed by atoms with van der Waals surface area (Å²) in [6.07, 6.45) is -0.482. The Hall–Kier alpha value is -1.46. The molecular formula is C11H22N4O3. The van der Waals surface area contributed by atoms with Gasteiger partial charge in [0, 0.05) is 17.5 Å². The van der Waals surface area contributed by atoms with Crippen LogP contribution in [0.1, 0.15) is 34.6 Å². The van der Waals surface area contributed by atoms with E-state index in [-0.39, 0.29) is 19.2 Å². The van der Waals surface area contributed by atoms with Gasteiger partial charge in [-0.25, -0.2) is 4.79 Å². The summed E-state index contributed by atoms with van der Waals surface area (Å²) in [6, 6.07) is -0.771. The maximum atomic E-state index is 11.9. The molecule has 0 aromatic heterocycles. The zero-order chi connectivity index (χ0) is 14.3. The highest BCUT2D eigenvalue weighted by Gasteiger charge is 2.25. The maximum Gasteiger partial charge on any atom is 0.410 e. The predicted octanol–water partition coefficient (Wildman–Crippen LogP) is 2.30. The molecule has 0 heterocycles. The fourth-order valence-electron chi connectivity index (χ4n) is 1.25. The number of hydrogen-bond acceptors (Lipinski definition) is 4. The molecule has 1 unspecified atom stereocenters. The number of aliphatic hydroxyl groups excluding tert-OH is 1. The fraction of sp³-hybridized carbons (Fsp3) is 0.909. The first kappa shape index (κ1) is 16.5. The van der Waals surface area contributed by atoms with Crippen LogP contribution in [0.5, 0.6) is 0 Å². The number of ether oxygens (including phenoxy) is 1. The van der Waals surface area contributed by atoms with Crippen molar-refractivity contribution in [3.8, 4) is 0 Å². The number of carbonyl (C=O) groups is 1. The van der Waals surface area contributed by atoms with Crippen LogP contribution in [0.4, 0.5) is 4.79 Å². The summed E-state index contributed by atoms with van der Waals surface area (Å²) in [5, 5.41) is 12.5. The smallest absolute Gasteiger partial charge is 0.410 e. The Labute approximate surface area is 107 Å². The topological polar surface area (TPSA) is 98.5 Å². The quantitative estimate of drug-likeness (QED) is 0.465. The molecular weight excluding hydrogens is 236 g/mol. The van der Waals surface area contributed by atoms with Crippen LogP contribution < -0.4 is 0 Å². The van der Waals surface area contributed by atoms with Gasteiger partial charge in [0.1, 0.15) is 5.60 Å². The number of nitrogens with zero attached hydrogens (tertiary/aromatic N) is 4. The first-order chi connectivity index (χ1) is 8.21. The summed E-state index contributed by atoms with van der Waals surface area (Å²) >= 11 is 0. The molecule has 0 spiro atoms. The van der Waals surface area contributed by atoms with Crippen LogP contribution in [-0.2, 0) is 4.74 Å². The second-order valence-electron chi connectivity index (χ2n) is 5.27. The third-order valence-electron chi connectivity index (χ3n) is 2.08. The zero-order valence-electron chi connectivity index (χ0n) is 11.6. The third-order valence-corrected chi connectivity index (χ3v) is 2.08. The molecule has 0 fully saturated rings. The van der Waals surface area contributed by atoms with Crippen molar-refractivity contribution in [2.24, 2.45) is 5.11 Å². The average molecular weight is 258 g/mol. The second-order valence-corrected chi connectivity index (χ2v) is 5.27. The Morgan fingerprint density at radius 2 is 2.06 bits per heavy atom. The number of azide groups is 1. The molecule has 1 atom stereocenters. The average Bonchev–Trinajstić information content (AvgIpc) is 2.20. The highest BCUT2D eigenvalue weighted by molar-refractivity contribution is 5.68. The van der Waals surface area contributed by atoms with Gasteiger partial charge in [0.05, 0.1) is 12.6 Å². The molecule has 1 N–H and O–H groups in total. The van der Waals surface area contributed by atoms with E-state index in [4.69, 9.17) is 15.4 Å². The molecule has 0 aliphatic carbocycles. The van der Waals surface area contributed by atoms with Crippen molar-refractivity contribution in [3.05, 3.63) is 10.4 Å². The van der Waals surface area contributed by atoms with Gasteiger partial charge in [-0.2, -0.15) is 0 Å². The maximum absolute atomic E-state index is 11.9. The van der Waals surface area contributed by atoms with E-state index in [1.54, 1.807) is 20.8 Å². The van der Waals surface area contributed by atoms with Crippen molar-refractivity contribution >= 4 is 6.09 Å². The largest absolute Gasteiger partial charge is 0.444 e. The Morgan fingerprint density at radius 3 is 2.39 bits per heavy atom. The van der Waals surface area contributed by atoms with Gasteiger partial charge >= 0.3 is 6.09 Å². The normalized spacial score (nSPS) is 12.8. The Kier molecular flexibility index (Phi) is 6.51. The fourth-order valence-corrected chi connectivity index (χ4v) is 1.25. The van der Waals surface area contributed by atoms with Crippen LogP contribution in [0.25, 0.3) is 10.4 Å². The Bertz CT molecular complexity index is 319. The SMILES string of the molecule is CC(C)N(CC(CO)N=[N+]=[N-])C(=O)OC(C)(C)C. The van der Waals surface area contributed by atoms with Gasteiger partial charge < -0.3 is 14.7 Å². The van der Waals surface area contributed by atoms with Gasteiger partial charge in [0.15, 0.2) is 0 Å². The molecule has 0 bridgehead atoms. The lowest BCUT2D eigenvalue weighted by Gasteiger charge is -2.31. The monoisotopic (exact) mass is 258 g/mol. The second kappa shape index (κ2) is 7.08. The molecule has 0 aromatic carbocycles. The lowest BCUT2D eigenvalue weighted by atomic mass is 10.2. The summed E-state index contributed by atoms with van der Waals surface area (Å²) in [6.45, 7) is 8.81. The molecule has 0 saturated heterocycles. The molecule has 18 heavy (non-hydrogen) atoms. The summed E-state index contributed by atoms with van der Waals surface area (Å²) in [5.74, 6) is 0. The number of hydrogen-bond donors (Lipinski definition) is 1. The third kappa shape index (κ3) is 6.32. The van der Waals surface area contributed by atoms with Gasteiger partial charge in [-0.15, -0.1) is 0 Å². The van der Waals surface area contributed by atoms with Crippen LogP contribution in [0.2, 0.25) is 0 Å². The van der Waals surface area contributed by atoms with E-state index in [1.807, 2.05) is 13.8 Å². The molecule has 0 radical (unpaired) electrons. The first-order valence-electron chi connectivity index (χ1n) is 5.86. The van der Waals surface area contributed by atoms with Crippen LogP contribution in [0.15, 0.2) is 5.11 Å². The van der Waals surface area contributed by atoms with Crippen LogP contribution in [0, 0.1) is 0 Å². The number of amides is 1. The van der Waals surface area contributed by atoms with Gasteiger partial charge in [-0.1, -0.05) is 5.11 Å². The van der Waals surface area contributed by atoms with Gasteiger partial charge in [0.2, 0.25) is 0 Å². The van der Waals surface area contributed by atoms with E-state index in [2.05, 4.69) is 10.0 Å². The Balaban J connectivity index is 4.75. The predicted molar refractivity (Wildman–Crippen MR) is 68.1 cm³/mol. The van der Waals surface area contributed by atoms with Gasteiger partial charge in [0.25, 0.3) is 0 Å². The molecule has 0 saturated carbocycles. The number of carbonyl (C=O) groups excluding carboxylic acids is 1. The zero-order valence-corrected chi connectivity index (χ0v) is 11.6. The van der Waals surface area contributed by atoms with E-state index in [0.29, 0.717) is 0 Å². The summed E-state index contributed by atoms with van der Waals surface area (Å²) in [4.78, 5) is 16.0. The lowest BCUT2D eigenvalue weighted by molar-refractivity contribution is 0.0167. The van der Waals surface area contributed by atoms with Crippen molar-refractivity contribution in [2.45, 2.75) is 52.3 Å². The van der Waals surface area contributed by atoms with Gasteiger partial charge in [-0.05, 0) is 40.1 Å². The minimum Gasteiger partial charge on any atom is -0.444 e. The summed E-state index contributed by atoms with van der Waals surface area (Å²) in [5.41, 5.74) is 7.77. The summed E-state index contributed by atoms with van der Waals surface area (Å²) in [7, 11) is 0. The highest BCUT2D eigenvalue weighted by Crippen LogP contribution is 2.13. The number of rotatable bonds is 5. The minimum atomic E-state index is -0.662. The first-order valence-corrected chi connectivity index (χ1v) is 5.86. The van der Waals surface area contributed by atoms with Crippen LogP contribution >= 0.6 is 0 Å². The van der Waals surface area contributed by atoms with E-state index in [9.17, 15) is 4.79 Å². The van der Waals surface area contributed by atoms with Crippen molar-refractivity contribution in [1.82, 2.24) is 4.90 Å². The van der Waals surface area contributed by atoms with Gasteiger partial charge in [-0.3, -0.25) is 0 Å². The highest BCUT2D eigenvalue weighted by atomic mass is 16.6. The van der Waals surface area contributed by atoms with Crippen molar-refractivity contribution in [3.63, 3.8) is 0 Å². The molecule has 104 valence electrons. The molecule has 0 aliphatic heterocycles. The van der Waals surface area contributed by atoms with Crippen molar-refractivity contribution in [2.75, 3.05) is 13.2 Å².